The molecule has 0 atom stereocenters. The summed E-state index contributed by atoms with van der Waals surface area (Å²) in [4.78, 5) is 18.9. The van der Waals surface area contributed by atoms with E-state index in [1.165, 1.54) is 62.8 Å². The van der Waals surface area contributed by atoms with Gasteiger partial charge in [-0.3, -0.25) is 4.57 Å². The normalized spacial score (nSPS) is 25.3. The smallest absolute Gasteiger partial charge is 0.356 e. The number of halogens is 2. The summed E-state index contributed by atoms with van der Waals surface area (Å²) in [7, 11) is -4.41. The van der Waals surface area contributed by atoms with E-state index in [0.29, 0.717) is 34.8 Å². The SMILES string of the molecule is Cc1cc(P(=O)(O)O)cc(C)c1Oc1ccc(-c2ccc(OC[C@]34CC5C[C@@H](C[C@H](C5)C3)C4)c(C)c2F)c(F)c1. The quantitative estimate of drug-likeness (QED) is 0.285. The number of rotatable bonds is 7. The van der Waals surface area contributed by atoms with Gasteiger partial charge in [-0.2, -0.15) is 0 Å². The first-order valence-electron chi connectivity index (χ1n) is 14.0. The molecule has 0 spiro atoms. The van der Waals surface area contributed by atoms with Gasteiger partial charge in [-0.25, -0.2) is 8.78 Å². The third-order valence-corrected chi connectivity index (χ3v) is 10.2. The summed E-state index contributed by atoms with van der Waals surface area (Å²) >= 11 is 0. The Bertz CT molecular complexity index is 1470. The van der Waals surface area contributed by atoms with E-state index in [2.05, 4.69) is 0 Å². The second-order valence-electron chi connectivity index (χ2n) is 12.5. The monoisotopic (exact) mass is 568 g/mol. The number of ether oxygens (including phenoxy) is 2. The minimum atomic E-state index is -4.41. The van der Waals surface area contributed by atoms with Crippen molar-refractivity contribution in [1.29, 1.82) is 0 Å². The lowest BCUT2D eigenvalue weighted by Crippen LogP contribution is -2.48. The van der Waals surface area contributed by atoms with Crippen LogP contribution in [0.15, 0.2) is 42.5 Å². The molecule has 4 aliphatic carbocycles. The average Bonchev–Trinajstić information content (AvgIpc) is 2.86. The molecular formula is C32H35F2O5P. The topological polar surface area (TPSA) is 76.0 Å². The van der Waals surface area contributed by atoms with E-state index >= 15 is 8.78 Å². The number of aryl methyl sites for hydroxylation is 2. The molecule has 8 heteroatoms. The van der Waals surface area contributed by atoms with Crippen LogP contribution in [-0.4, -0.2) is 16.4 Å². The standard InChI is InChI=1S/C32H35F2O5P/c1-18-8-25(40(35,36)37)9-19(2)31(18)39-24-4-5-26(28(33)13-24)27-6-7-29(20(3)30(27)34)38-17-32-14-21-10-22(15-32)12-23(11-21)16-32/h4-9,13,21-23H,10-12,14-17H2,1-3H3,(H2,35,36,37)/t21-,22-,23?,32-/m1/s1. The molecule has 4 bridgehead atoms. The van der Waals surface area contributed by atoms with Gasteiger partial charge < -0.3 is 19.3 Å². The fourth-order valence-electron chi connectivity index (χ4n) is 7.88. The molecule has 3 aromatic carbocycles. The third-order valence-electron chi connectivity index (χ3n) is 9.27. The largest absolute Gasteiger partial charge is 0.493 e. The highest BCUT2D eigenvalue weighted by Gasteiger charge is 2.51. The van der Waals surface area contributed by atoms with E-state index in [1.807, 2.05) is 0 Å². The molecule has 0 aliphatic heterocycles. The first-order valence-corrected chi connectivity index (χ1v) is 15.6. The highest BCUT2D eigenvalue weighted by Crippen LogP contribution is 2.60. The molecule has 4 saturated carbocycles. The fourth-order valence-corrected chi connectivity index (χ4v) is 8.61. The van der Waals surface area contributed by atoms with Crippen LogP contribution in [0.25, 0.3) is 11.1 Å². The lowest BCUT2D eigenvalue weighted by atomic mass is 9.50. The van der Waals surface area contributed by atoms with Crippen LogP contribution in [0.1, 0.15) is 55.2 Å². The Morgan fingerprint density at radius 3 is 2.00 bits per heavy atom. The Labute approximate surface area is 233 Å². The third kappa shape index (κ3) is 5.08. The maximum Gasteiger partial charge on any atom is 0.356 e. The van der Waals surface area contributed by atoms with Gasteiger partial charge in [0.05, 0.1) is 11.9 Å². The molecule has 0 heterocycles. The summed E-state index contributed by atoms with van der Waals surface area (Å²) in [6.07, 6.45) is 7.72. The number of hydrogen-bond acceptors (Lipinski definition) is 3. The minimum Gasteiger partial charge on any atom is -0.493 e. The van der Waals surface area contributed by atoms with Gasteiger partial charge in [0.15, 0.2) is 0 Å². The van der Waals surface area contributed by atoms with Crippen molar-refractivity contribution in [2.75, 3.05) is 6.61 Å². The zero-order chi connectivity index (χ0) is 28.4. The highest BCUT2D eigenvalue weighted by molar-refractivity contribution is 7.60. The second-order valence-corrected chi connectivity index (χ2v) is 14.1. The van der Waals surface area contributed by atoms with E-state index in [9.17, 15) is 14.4 Å². The van der Waals surface area contributed by atoms with E-state index < -0.39 is 19.2 Å². The number of hydrogen-bond donors (Lipinski definition) is 2. The van der Waals surface area contributed by atoms with Gasteiger partial charge in [-0.05, 0) is 125 Å². The van der Waals surface area contributed by atoms with Crippen LogP contribution in [0.5, 0.6) is 17.2 Å². The van der Waals surface area contributed by atoms with Crippen molar-refractivity contribution >= 4 is 12.9 Å². The van der Waals surface area contributed by atoms with Gasteiger partial charge in [0.2, 0.25) is 0 Å². The lowest BCUT2D eigenvalue weighted by molar-refractivity contribution is -0.0746. The van der Waals surface area contributed by atoms with Crippen molar-refractivity contribution in [2.24, 2.45) is 23.2 Å². The Kier molecular flexibility index (Phi) is 6.84. The van der Waals surface area contributed by atoms with E-state index in [0.717, 1.165) is 17.8 Å². The van der Waals surface area contributed by atoms with Gasteiger partial charge in [-0.1, -0.05) is 0 Å². The van der Waals surface area contributed by atoms with Crippen molar-refractivity contribution in [3.8, 4) is 28.4 Å². The Hall–Kier alpha value is -2.73. The molecule has 7 rings (SSSR count). The maximum absolute atomic E-state index is 15.6. The van der Waals surface area contributed by atoms with Crippen molar-refractivity contribution < 1.29 is 32.6 Å². The van der Waals surface area contributed by atoms with Crippen LogP contribution in [0.2, 0.25) is 0 Å². The molecule has 0 radical (unpaired) electrons. The fraction of sp³-hybridized carbons (Fsp3) is 0.438. The summed E-state index contributed by atoms with van der Waals surface area (Å²) in [6, 6.07) is 10.3. The van der Waals surface area contributed by atoms with Crippen LogP contribution < -0.4 is 14.8 Å². The molecular weight excluding hydrogens is 533 g/mol. The van der Waals surface area contributed by atoms with Crippen molar-refractivity contribution in [3.63, 3.8) is 0 Å². The van der Waals surface area contributed by atoms with Gasteiger partial charge >= 0.3 is 7.60 Å². The average molecular weight is 569 g/mol. The van der Waals surface area contributed by atoms with E-state index in [4.69, 9.17) is 9.47 Å². The molecule has 3 aromatic rings. The maximum atomic E-state index is 15.6. The Morgan fingerprint density at radius 2 is 1.45 bits per heavy atom. The summed E-state index contributed by atoms with van der Waals surface area (Å²) in [5.41, 5.74) is 1.87. The summed E-state index contributed by atoms with van der Waals surface area (Å²) < 4.78 is 54.6. The molecule has 0 amide bonds. The van der Waals surface area contributed by atoms with Crippen LogP contribution in [0.4, 0.5) is 8.78 Å². The Balaban J connectivity index is 1.19. The molecule has 0 saturated heterocycles. The van der Waals surface area contributed by atoms with Gasteiger partial charge in [-0.15, -0.1) is 0 Å². The van der Waals surface area contributed by atoms with E-state index in [1.54, 1.807) is 39.0 Å². The summed E-state index contributed by atoms with van der Waals surface area (Å²) in [5, 5.41) is -0.104. The highest BCUT2D eigenvalue weighted by atomic mass is 31.2. The zero-order valence-corrected chi connectivity index (χ0v) is 23.9. The number of benzene rings is 3. The molecule has 0 unspecified atom stereocenters. The Morgan fingerprint density at radius 1 is 0.875 bits per heavy atom. The molecule has 5 nitrogen and oxygen atoms in total. The first-order chi connectivity index (χ1) is 18.9. The van der Waals surface area contributed by atoms with Crippen molar-refractivity contribution in [1.82, 2.24) is 0 Å². The molecule has 4 fully saturated rings. The van der Waals surface area contributed by atoms with E-state index in [-0.39, 0.29) is 27.6 Å². The summed E-state index contributed by atoms with van der Waals surface area (Å²) in [5.74, 6) is 2.40. The molecule has 4 aliphatic rings. The van der Waals surface area contributed by atoms with Gasteiger partial charge in [0, 0.05) is 28.2 Å². The van der Waals surface area contributed by atoms with Gasteiger partial charge in [0.25, 0.3) is 0 Å². The predicted molar refractivity (Wildman–Crippen MR) is 150 cm³/mol. The molecule has 0 aromatic heterocycles. The van der Waals surface area contributed by atoms with Crippen LogP contribution in [-0.2, 0) is 4.57 Å². The van der Waals surface area contributed by atoms with Crippen molar-refractivity contribution in [2.45, 2.75) is 59.3 Å². The lowest BCUT2D eigenvalue weighted by Gasteiger charge is -2.56. The molecule has 40 heavy (non-hydrogen) atoms. The zero-order valence-electron chi connectivity index (χ0n) is 23.0. The predicted octanol–water partition coefficient (Wildman–Crippen LogP) is 7.75. The van der Waals surface area contributed by atoms with Gasteiger partial charge in [0.1, 0.15) is 28.9 Å². The first kappa shape index (κ1) is 27.4. The van der Waals surface area contributed by atoms with Crippen LogP contribution in [0, 0.1) is 55.6 Å². The summed E-state index contributed by atoms with van der Waals surface area (Å²) in [6.45, 7) is 5.62. The van der Waals surface area contributed by atoms with Crippen LogP contribution in [0.3, 0.4) is 0 Å². The van der Waals surface area contributed by atoms with Crippen molar-refractivity contribution in [3.05, 3.63) is 70.8 Å². The second kappa shape index (κ2) is 9.97. The van der Waals surface area contributed by atoms with Crippen LogP contribution >= 0.6 is 7.60 Å². The molecule has 212 valence electrons. The minimum absolute atomic E-state index is 0.104. The molecule has 2 N–H and O–H groups in total.